The molecule has 1 saturated carbocycles. The average molecular weight is 433 g/mol. The van der Waals surface area contributed by atoms with Crippen molar-refractivity contribution in [2.24, 2.45) is 21.8 Å². The van der Waals surface area contributed by atoms with Crippen LogP contribution < -0.4 is 0 Å². The van der Waals surface area contributed by atoms with Gasteiger partial charge in [-0.05, 0) is 37.1 Å². The van der Waals surface area contributed by atoms with Crippen LogP contribution in [-0.4, -0.2) is 12.4 Å². The quantitative estimate of drug-likeness (QED) is 0.305. The van der Waals surface area contributed by atoms with Crippen molar-refractivity contribution in [3.05, 3.63) is 68.1 Å². The van der Waals surface area contributed by atoms with Crippen LogP contribution in [-0.2, 0) is 18.2 Å². The fourth-order valence-electron chi connectivity index (χ4n) is 2.78. The van der Waals surface area contributed by atoms with Crippen LogP contribution in [0.2, 0.25) is 0 Å². The van der Waals surface area contributed by atoms with E-state index in [1.807, 2.05) is 60.7 Å². The Bertz CT molecular complexity index is 559. The van der Waals surface area contributed by atoms with Crippen LogP contribution in [0.15, 0.2) is 70.6 Å². The van der Waals surface area contributed by atoms with E-state index in [1.54, 1.807) is 0 Å². The fraction of sp³-hybridized carbons (Fsp3) is 0.250. The molecule has 4 heteroatoms. The minimum atomic E-state index is 0. The zero-order valence-corrected chi connectivity index (χ0v) is 16.1. The van der Waals surface area contributed by atoms with Crippen molar-refractivity contribution >= 4 is 33.3 Å². The monoisotopic (exact) mass is 432 g/mol. The Labute approximate surface area is 160 Å². The third-order valence-electron chi connectivity index (χ3n) is 3.97. The number of hydrogen-bond acceptors (Lipinski definition) is 2. The summed E-state index contributed by atoms with van der Waals surface area (Å²) in [5.74, 6) is 1.02. The summed E-state index contributed by atoms with van der Waals surface area (Å²) in [5, 5.41) is 0. The summed E-state index contributed by atoms with van der Waals surface area (Å²) in [5.41, 5.74) is 2.06. The second-order valence-electron chi connectivity index (χ2n) is 5.49. The topological polar surface area (TPSA) is 24.7 Å². The number of para-hydroxylation sites is 2. The second-order valence-corrected chi connectivity index (χ2v) is 5.49. The molecule has 0 N–H and O–H groups in total. The Hall–Kier alpha value is -1.27. The van der Waals surface area contributed by atoms with Crippen LogP contribution in [0.5, 0.6) is 0 Å². The number of aliphatic imine (C=N–C) groups is 2. The summed E-state index contributed by atoms with van der Waals surface area (Å²) in [6.07, 6.45) is 7.91. The van der Waals surface area contributed by atoms with Gasteiger partial charge in [0.2, 0.25) is 0 Å². The van der Waals surface area contributed by atoms with E-state index in [9.17, 15) is 0 Å². The zero-order chi connectivity index (χ0) is 16.3. The molecule has 2 nitrogen and oxygen atoms in total. The van der Waals surface area contributed by atoms with Gasteiger partial charge < -0.3 is 7.43 Å². The molecule has 2 atom stereocenters. The molecule has 0 spiro atoms. The van der Waals surface area contributed by atoms with Crippen LogP contribution in [0, 0.1) is 19.3 Å². The molecule has 0 radical (unpaired) electrons. The molecule has 130 valence electrons. The van der Waals surface area contributed by atoms with E-state index in [4.69, 9.17) is 0 Å². The van der Waals surface area contributed by atoms with Gasteiger partial charge in [-0.3, -0.25) is 9.98 Å². The number of hydrogen-bond donors (Lipinski definition) is 0. The van der Waals surface area contributed by atoms with Crippen molar-refractivity contribution in [2.45, 2.75) is 19.3 Å². The van der Waals surface area contributed by atoms with Gasteiger partial charge in [-0.15, -0.1) is 0 Å². The first-order chi connectivity index (χ1) is 11.4. The van der Waals surface area contributed by atoms with Gasteiger partial charge in [0.25, 0.3) is 0 Å². The Balaban J connectivity index is 0.000000925. The van der Waals surface area contributed by atoms with E-state index in [-0.39, 0.29) is 7.43 Å². The molecule has 24 heavy (non-hydrogen) atoms. The van der Waals surface area contributed by atoms with Crippen molar-refractivity contribution in [3.8, 4) is 0 Å². The van der Waals surface area contributed by atoms with Crippen LogP contribution >= 0.6 is 9.53 Å². The van der Waals surface area contributed by atoms with Crippen LogP contribution in [0.1, 0.15) is 19.3 Å². The molecular weight excluding hydrogens is 410 g/mol. The van der Waals surface area contributed by atoms with Crippen molar-refractivity contribution in [2.75, 3.05) is 0 Å². The summed E-state index contributed by atoms with van der Waals surface area (Å²) in [6.45, 7) is 0. The standard InChI is InChI=1S/C19H20N2.CH3.ClH.Pd/c1-3-10-18(11-4-1)20-14-16-8-7-9-17(16)15-21-19-12-5-2-6-13-19;;;/h1-6,10-17H,7-9H2;1H3;1H;/q;-1;;+2/p-1. The molecule has 1 aliphatic rings. The van der Waals surface area contributed by atoms with Gasteiger partial charge in [0.1, 0.15) is 0 Å². The van der Waals surface area contributed by atoms with Gasteiger partial charge in [0.05, 0.1) is 11.4 Å². The third kappa shape index (κ3) is 6.69. The van der Waals surface area contributed by atoms with Gasteiger partial charge in [0, 0.05) is 24.3 Å². The molecule has 0 heterocycles. The van der Waals surface area contributed by atoms with Gasteiger partial charge in [-0.1, -0.05) is 42.8 Å². The van der Waals surface area contributed by atoms with E-state index >= 15 is 0 Å². The molecule has 0 aromatic heterocycles. The third-order valence-corrected chi connectivity index (χ3v) is 3.97. The number of halogens is 1. The molecule has 2 aromatic carbocycles. The summed E-state index contributed by atoms with van der Waals surface area (Å²) < 4.78 is 0. The van der Waals surface area contributed by atoms with Crippen LogP contribution in [0.4, 0.5) is 11.4 Å². The first-order valence-corrected chi connectivity index (χ1v) is 9.72. The van der Waals surface area contributed by atoms with Gasteiger partial charge in [0.15, 0.2) is 0 Å². The Morgan fingerprint density at radius 1 is 0.750 bits per heavy atom. The van der Waals surface area contributed by atoms with E-state index in [0.29, 0.717) is 11.8 Å². The van der Waals surface area contributed by atoms with E-state index in [2.05, 4.69) is 50.1 Å². The van der Waals surface area contributed by atoms with E-state index in [1.165, 1.54) is 19.3 Å². The average Bonchev–Trinajstić information content (AvgIpc) is 3.09. The second kappa shape index (κ2) is 12.1. The summed E-state index contributed by atoms with van der Waals surface area (Å²) >= 11 is 2.22. The number of rotatable bonds is 4. The van der Waals surface area contributed by atoms with E-state index in [0.717, 1.165) is 11.4 Å². The van der Waals surface area contributed by atoms with Crippen molar-refractivity contribution in [3.63, 3.8) is 0 Å². The van der Waals surface area contributed by atoms with Crippen LogP contribution in [0.25, 0.3) is 0 Å². The SMILES string of the molecule is C(=Nc1ccccc1)C1CCCC1C=Nc1ccccc1.[CH3-].[Cl][Pd+]. The van der Waals surface area contributed by atoms with Crippen molar-refractivity contribution in [1.82, 2.24) is 0 Å². The molecule has 0 aliphatic heterocycles. The normalized spacial score (nSPS) is 19.8. The minimum absolute atomic E-state index is 0. The molecule has 2 aromatic rings. The first kappa shape index (κ1) is 20.8. The molecule has 1 aliphatic carbocycles. The van der Waals surface area contributed by atoms with Gasteiger partial charge >= 0.3 is 27.7 Å². The Morgan fingerprint density at radius 3 is 1.50 bits per heavy atom. The Kier molecular flexibility index (Phi) is 10.5. The summed E-state index contributed by atoms with van der Waals surface area (Å²) in [4.78, 5) is 9.21. The predicted molar refractivity (Wildman–Crippen MR) is 102 cm³/mol. The molecule has 0 bridgehead atoms. The molecular formula is C20H23ClN2Pd. The molecule has 0 saturated heterocycles. The first-order valence-electron chi connectivity index (χ1n) is 7.72. The zero-order valence-electron chi connectivity index (χ0n) is 13.8. The van der Waals surface area contributed by atoms with Gasteiger partial charge in [-0.25, -0.2) is 0 Å². The molecule has 0 amide bonds. The number of nitrogens with zero attached hydrogens (tertiary/aromatic N) is 2. The maximum atomic E-state index is 4.61. The van der Waals surface area contributed by atoms with Crippen molar-refractivity contribution < 1.29 is 18.2 Å². The maximum absolute atomic E-state index is 4.61. The summed E-state index contributed by atoms with van der Waals surface area (Å²) in [7, 11) is 4.49. The molecule has 2 unspecified atom stereocenters. The van der Waals surface area contributed by atoms with Crippen LogP contribution in [0.3, 0.4) is 0 Å². The van der Waals surface area contributed by atoms with E-state index < -0.39 is 0 Å². The number of benzene rings is 2. The fourth-order valence-corrected chi connectivity index (χ4v) is 2.78. The molecule has 3 rings (SSSR count). The van der Waals surface area contributed by atoms with Gasteiger partial charge in [-0.2, -0.15) is 0 Å². The molecule has 1 fully saturated rings. The van der Waals surface area contributed by atoms with Crippen molar-refractivity contribution in [1.29, 1.82) is 0 Å². The summed E-state index contributed by atoms with van der Waals surface area (Å²) in [6, 6.07) is 20.3. The Morgan fingerprint density at radius 2 is 1.12 bits per heavy atom. The predicted octanol–water partition coefficient (Wildman–Crippen LogP) is 6.34.